The van der Waals surface area contributed by atoms with Gasteiger partial charge in [0.1, 0.15) is 0 Å². The number of rotatable bonds is 6. The monoisotopic (exact) mass is 286 g/mol. The summed E-state index contributed by atoms with van der Waals surface area (Å²) in [4.78, 5) is 3.94. The molecule has 0 amide bonds. The van der Waals surface area contributed by atoms with Crippen molar-refractivity contribution in [1.29, 1.82) is 0 Å². The average molecular weight is 286 g/mol. The van der Waals surface area contributed by atoms with E-state index < -0.39 is 0 Å². The SMILES string of the molecule is c1csc(CNCc2ccc(CN3CCCC3)cc2)c1. The van der Waals surface area contributed by atoms with Gasteiger partial charge in [0.25, 0.3) is 0 Å². The molecule has 0 bridgehead atoms. The molecular weight excluding hydrogens is 264 g/mol. The van der Waals surface area contributed by atoms with Crippen LogP contribution in [-0.2, 0) is 19.6 Å². The van der Waals surface area contributed by atoms with Crippen LogP contribution in [0.4, 0.5) is 0 Å². The van der Waals surface area contributed by atoms with E-state index in [1.54, 1.807) is 0 Å². The molecule has 1 aliphatic heterocycles. The quantitative estimate of drug-likeness (QED) is 0.872. The van der Waals surface area contributed by atoms with Crippen molar-refractivity contribution in [3.8, 4) is 0 Å². The summed E-state index contributed by atoms with van der Waals surface area (Å²) in [6.45, 7) is 5.56. The maximum Gasteiger partial charge on any atom is 0.0302 e. The van der Waals surface area contributed by atoms with Gasteiger partial charge in [0, 0.05) is 24.5 Å². The topological polar surface area (TPSA) is 15.3 Å². The Morgan fingerprint density at radius 2 is 1.70 bits per heavy atom. The van der Waals surface area contributed by atoms with E-state index in [0.29, 0.717) is 0 Å². The lowest BCUT2D eigenvalue weighted by Crippen LogP contribution is -2.18. The van der Waals surface area contributed by atoms with Gasteiger partial charge in [0.05, 0.1) is 0 Å². The van der Waals surface area contributed by atoms with Crippen LogP contribution in [0.3, 0.4) is 0 Å². The summed E-state index contributed by atoms with van der Waals surface area (Å²) < 4.78 is 0. The Kier molecular flexibility index (Phi) is 4.85. The van der Waals surface area contributed by atoms with Gasteiger partial charge in [-0.1, -0.05) is 30.3 Å². The van der Waals surface area contributed by atoms with Crippen molar-refractivity contribution in [2.75, 3.05) is 13.1 Å². The van der Waals surface area contributed by atoms with Gasteiger partial charge >= 0.3 is 0 Å². The van der Waals surface area contributed by atoms with E-state index in [0.717, 1.165) is 19.6 Å². The Morgan fingerprint density at radius 3 is 2.40 bits per heavy atom. The summed E-state index contributed by atoms with van der Waals surface area (Å²) in [6.07, 6.45) is 2.73. The number of nitrogens with one attached hydrogen (secondary N) is 1. The maximum atomic E-state index is 3.50. The molecule has 106 valence electrons. The molecule has 0 aliphatic carbocycles. The molecule has 1 aliphatic rings. The van der Waals surface area contributed by atoms with Gasteiger partial charge in [-0.15, -0.1) is 11.3 Å². The van der Waals surface area contributed by atoms with Crippen molar-refractivity contribution in [1.82, 2.24) is 10.2 Å². The lowest BCUT2D eigenvalue weighted by atomic mass is 10.1. The third-order valence-electron chi connectivity index (χ3n) is 3.84. The Hall–Kier alpha value is -1.16. The summed E-state index contributed by atoms with van der Waals surface area (Å²) >= 11 is 1.81. The average Bonchev–Trinajstić information content (AvgIpc) is 3.14. The fourth-order valence-corrected chi connectivity index (χ4v) is 3.38. The predicted molar refractivity (Wildman–Crippen MR) is 85.8 cm³/mol. The molecule has 0 spiro atoms. The second kappa shape index (κ2) is 7.02. The molecule has 2 aromatic rings. The van der Waals surface area contributed by atoms with E-state index in [-0.39, 0.29) is 0 Å². The molecule has 0 radical (unpaired) electrons. The van der Waals surface area contributed by atoms with Crippen LogP contribution in [0.1, 0.15) is 28.8 Å². The summed E-state index contributed by atoms with van der Waals surface area (Å²) in [6, 6.07) is 13.4. The Labute approximate surface area is 125 Å². The van der Waals surface area contributed by atoms with Gasteiger partial charge in [0.15, 0.2) is 0 Å². The highest BCUT2D eigenvalue weighted by atomic mass is 32.1. The van der Waals surface area contributed by atoms with Gasteiger partial charge in [-0.3, -0.25) is 4.90 Å². The zero-order valence-electron chi connectivity index (χ0n) is 11.8. The number of hydrogen-bond donors (Lipinski definition) is 1. The molecule has 3 rings (SSSR count). The van der Waals surface area contributed by atoms with E-state index in [9.17, 15) is 0 Å². The van der Waals surface area contributed by atoms with Crippen molar-refractivity contribution in [2.24, 2.45) is 0 Å². The van der Waals surface area contributed by atoms with E-state index in [2.05, 4.69) is 52.0 Å². The van der Waals surface area contributed by atoms with Gasteiger partial charge in [-0.05, 0) is 48.5 Å². The van der Waals surface area contributed by atoms with Gasteiger partial charge < -0.3 is 5.32 Å². The predicted octanol–water partition coefficient (Wildman–Crippen LogP) is 3.63. The molecule has 0 unspecified atom stereocenters. The number of hydrogen-bond acceptors (Lipinski definition) is 3. The lowest BCUT2D eigenvalue weighted by Gasteiger charge is -2.14. The lowest BCUT2D eigenvalue weighted by molar-refractivity contribution is 0.331. The highest BCUT2D eigenvalue weighted by Crippen LogP contribution is 2.13. The first-order valence-corrected chi connectivity index (χ1v) is 8.31. The maximum absolute atomic E-state index is 3.50. The number of thiophene rings is 1. The van der Waals surface area contributed by atoms with Crippen LogP contribution >= 0.6 is 11.3 Å². The van der Waals surface area contributed by atoms with Crippen LogP contribution in [0.15, 0.2) is 41.8 Å². The molecule has 1 aromatic carbocycles. The molecule has 2 heterocycles. The molecule has 0 atom stereocenters. The van der Waals surface area contributed by atoms with Crippen LogP contribution in [0.25, 0.3) is 0 Å². The van der Waals surface area contributed by atoms with E-state index in [1.165, 1.54) is 41.9 Å². The second-order valence-corrected chi connectivity index (χ2v) is 6.51. The van der Waals surface area contributed by atoms with Gasteiger partial charge in [-0.2, -0.15) is 0 Å². The van der Waals surface area contributed by atoms with Gasteiger partial charge in [0.2, 0.25) is 0 Å². The molecule has 3 heteroatoms. The van der Waals surface area contributed by atoms with Crippen LogP contribution < -0.4 is 5.32 Å². The third-order valence-corrected chi connectivity index (χ3v) is 4.71. The smallest absolute Gasteiger partial charge is 0.0302 e. The molecule has 1 fully saturated rings. The van der Waals surface area contributed by atoms with Gasteiger partial charge in [-0.25, -0.2) is 0 Å². The molecule has 20 heavy (non-hydrogen) atoms. The van der Waals surface area contributed by atoms with Crippen LogP contribution in [-0.4, -0.2) is 18.0 Å². The standard InChI is InChI=1S/C17H22N2S/c1-2-10-19(9-1)14-16-7-5-15(6-8-16)12-18-13-17-4-3-11-20-17/h3-8,11,18H,1-2,9-10,12-14H2. The summed E-state index contributed by atoms with van der Waals surface area (Å²) in [7, 11) is 0. The fourth-order valence-electron chi connectivity index (χ4n) is 2.70. The summed E-state index contributed by atoms with van der Waals surface area (Å²) in [5.41, 5.74) is 2.81. The minimum atomic E-state index is 0.946. The van der Waals surface area contributed by atoms with Crippen molar-refractivity contribution in [3.63, 3.8) is 0 Å². The Balaban J connectivity index is 1.45. The fraction of sp³-hybridized carbons (Fsp3) is 0.412. The molecule has 1 aromatic heterocycles. The largest absolute Gasteiger partial charge is 0.308 e. The minimum Gasteiger partial charge on any atom is -0.308 e. The van der Waals surface area contributed by atoms with E-state index in [1.807, 2.05) is 11.3 Å². The zero-order valence-corrected chi connectivity index (χ0v) is 12.7. The minimum absolute atomic E-state index is 0.946. The van der Waals surface area contributed by atoms with E-state index >= 15 is 0 Å². The normalized spacial score (nSPS) is 15.8. The van der Waals surface area contributed by atoms with E-state index in [4.69, 9.17) is 0 Å². The Bertz CT molecular complexity index is 498. The molecular formula is C17H22N2S. The summed E-state index contributed by atoms with van der Waals surface area (Å²) in [5.74, 6) is 0. The van der Waals surface area contributed by atoms with Crippen LogP contribution in [0.2, 0.25) is 0 Å². The highest BCUT2D eigenvalue weighted by Gasteiger charge is 2.11. The molecule has 0 saturated carbocycles. The van der Waals surface area contributed by atoms with Crippen molar-refractivity contribution >= 4 is 11.3 Å². The molecule has 1 saturated heterocycles. The third kappa shape index (κ3) is 3.92. The first-order valence-electron chi connectivity index (χ1n) is 7.43. The van der Waals surface area contributed by atoms with Crippen molar-refractivity contribution in [3.05, 3.63) is 57.8 Å². The van der Waals surface area contributed by atoms with Crippen molar-refractivity contribution in [2.45, 2.75) is 32.5 Å². The summed E-state index contributed by atoms with van der Waals surface area (Å²) in [5, 5.41) is 5.63. The Morgan fingerprint density at radius 1 is 0.950 bits per heavy atom. The van der Waals surface area contributed by atoms with Crippen LogP contribution in [0, 0.1) is 0 Å². The molecule has 1 N–H and O–H groups in total. The number of likely N-dealkylation sites (tertiary alicyclic amines) is 1. The second-order valence-electron chi connectivity index (χ2n) is 5.48. The molecule has 2 nitrogen and oxygen atoms in total. The van der Waals surface area contributed by atoms with Crippen molar-refractivity contribution < 1.29 is 0 Å². The first-order chi connectivity index (χ1) is 9.90. The first kappa shape index (κ1) is 13.8. The number of benzene rings is 1. The van der Waals surface area contributed by atoms with Crippen LogP contribution in [0.5, 0.6) is 0 Å². The highest BCUT2D eigenvalue weighted by molar-refractivity contribution is 7.09. The number of nitrogens with zero attached hydrogens (tertiary/aromatic N) is 1. The zero-order chi connectivity index (χ0) is 13.6.